The van der Waals surface area contributed by atoms with E-state index >= 15 is 0 Å². The SMILES string of the molecule is CC(CCO)CNC(=O)c1ccccc1Cc1ccccc1. The number of rotatable bonds is 7. The molecule has 116 valence electrons. The largest absolute Gasteiger partial charge is 0.396 e. The molecule has 3 nitrogen and oxygen atoms in total. The van der Waals surface area contributed by atoms with Crippen LogP contribution in [0.2, 0.25) is 0 Å². The van der Waals surface area contributed by atoms with Gasteiger partial charge < -0.3 is 10.4 Å². The van der Waals surface area contributed by atoms with Crippen molar-refractivity contribution in [1.29, 1.82) is 0 Å². The summed E-state index contributed by atoms with van der Waals surface area (Å²) < 4.78 is 0. The molecule has 1 atom stereocenters. The van der Waals surface area contributed by atoms with Crippen molar-refractivity contribution in [1.82, 2.24) is 5.32 Å². The summed E-state index contributed by atoms with van der Waals surface area (Å²) in [5.41, 5.74) is 2.94. The zero-order valence-corrected chi connectivity index (χ0v) is 13.0. The van der Waals surface area contributed by atoms with Gasteiger partial charge in [0.25, 0.3) is 5.91 Å². The second-order valence-corrected chi connectivity index (χ2v) is 5.65. The highest BCUT2D eigenvalue weighted by Gasteiger charge is 2.12. The minimum atomic E-state index is -0.0451. The van der Waals surface area contributed by atoms with E-state index in [2.05, 4.69) is 17.4 Å². The highest BCUT2D eigenvalue weighted by molar-refractivity contribution is 5.95. The minimum Gasteiger partial charge on any atom is -0.396 e. The van der Waals surface area contributed by atoms with Gasteiger partial charge in [-0.3, -0.25) is 4.79 Å². The van der Waals surface area contributed by atoms with Gasteiger partial charge in [0.1, 0.15) is 0 Å². The summed E-state index contributed by atoms with van der Waals surface area (Å²) in [6, 6.07) is 17.9. The molecule has 0 spiro atoms. The van der Waals surface area contributed by atoms with Crippen LogP contribution in [-0.2, 0) is 6.42 Å². The van der Waals surface area contributed by atoms with Crippen molar-refractivity contribution in [3.05, 3.63) is 71.3 Å². The van der Waals surface area contributed by atoms with E-state index in [1.54, 1.807) is 0 Å². The standard InChI is InChI=1S/C19H23NO2/c1-15(11-12-21)14-20-19(22)18-10-6-5-9-17(18)13-16-7-3-2-4-8-16/h2-10,15,21H,11-14H2,1H3,(H,20,22). The van der Waals surface area contributed by atoms with Gasteiger partial charge in [-0.05, 0) is 36.0 Å². The van der Waals surface area contributed by atoms with Gasteiger partial charge in [0, 0.05) is 18.7 Å². The average molecular weight is 297 g/mol. The summed E-state index contributed by atoms with van der Waals surface area (Å²) in [6.45, 7) is 2.76. The summed E-state index contributed by atoms with van der Waals surface area (Å²) in [5.74, 6) is 0.228. The first-order valence-electron chi connectivity index (χ1n) is 7.71. The third-order valence-corrected chi connectivity index (χ3v) is 3.73. The van der Waals surface area contributed by atoms with Gasteiger partial charge in [0.05, 0.1) is 0 Å². The summed E-state index contributed by atoms with van der Waals surface area (Å²) in [4.78, 5) is 12.4. The van der Waals surface area contributed by atoms with Crippen LogP contribution in [0.1, 0.15) is 34.8 Å². The van der Waals surface area contributed by atoms with Crippen LogP contribution < -0.4 is 5.32 Å². The van der Waals surface area contributed by atoms with Crippen molar-refractivity contribution >= 4 is 5.91 Å². The summed E-state index contributed by atoms with van der Waals surface area (Å²) in [6.07, 6.45) is 1.45. The quantitative estimate of drug-likeness (QED) is 0.825. The lowest BCUT2D eigenvalue weighted by molar-refractivity contribution is 0.0944. The van der Waals surface area contributed by atoms with Gasteiger partial charge in [0.15, 0.2) is 0 Å². The Labute approximate surface area is 132 Å². The van der Waals surface area contributed by atoms with E-state index in [-0.39, 0.29) is 18.4 Å². The molecule has 2 N–H and O–H groups in total. The Morgan fingerprint density at radius 1 is 1.09 bits per heavy atom. The highest BCUT2D eigenvalue weighted by atomic mass is 16.3. The van der Waals surface area contributed by atoms with Gasteiger partial charge in [-0.15, -0.1) is 0 Å². The first-order valence-corrected chi connectivity index (χ1v) is 7.71. The fraction of sp³-hybridized carbons (Fsp3) is 0.316. The molecule has 2 aromatic rings. The number of hydrogen-bond acceptors (Lipinski definition) is 2. The molecule has 0 aromatic heterocycles. The van der Waals surface area contributed by atoms with Crippen molar-refractivity contribution in [3.63, 3.8) is 0 Å². The van der Waals surface area contributed by atoms with Gasteiger partial charge in [-0.1, -0.05) is 55.5 Å². The fourth-order valence-corrected chi connectivity index (χ4v) is 2.40. The van der Waals surface area contributed by atoms with Crippen LogP contribution >= 0.6 is 0 Å². The molecule has 3 heteroatoms. The zero-order valence-electron chi connectivity index (χ0n) is 13.0. The highest BCUT2D eigenvalue weighted by Crippen LogP contribution is 2.14. The molecule has 0 fully saturated rings. The topological polar surface area (TPSA) is 49.3 Å². The fourth-order valence-electron chi connectivity index (χ4n) is 2.40. The van der Waals surface area contributed by atoms with E-state index in [0.29, 0.717) is 13.0 Å². The normalized spacial score (nSPS) is 11.9. The van der Waals surface area contributed by atoms with E-state index in [9.17, 15) is 4.79 Å². The molecular formula is C19H23NO2. The third-order valence-electron chi connectivity index (χ3n) is 3.73. The summed E-state index contributed by atoms with van der Waals surface area (Å²) in [5, 5.41) is 11.9. The average Bonchev–Trinajstić information content (AvgIpc) is 2.54. The first-order chi connectivity index (χ1) is 10.7. The lowest BCUT2D eigenvalue weighted by Gasteiger charge is -2.13. The second kappa shape index (κ2) is 8.35. The Kier molecular flexibility index (Phi) is 6.16. The van der Waals surface area contributed by atoms with Crippen molar-refractivity contribution in [2.75, 3.05) is 13.2 Å². The number of hydrogen-bond donors (Lipinski definition) is 2. The van der Waals surface area contributed by atoms with Crippen LogP contribution in [0.3, 0.4) is 0 Å². The lowest BCUT2D eigenvalue weighted by atomic mass is 9.99. The Hall–Kier alpha value is -2.13. The van der Waals surface area contributed by atoms with Crippen LogP contribution in [-0.4, -0.2) is 24.2 Å². The van der Waals surface area contributed by atoms with Crippen LogP contribution in [0.25, 0.3) is 0 Å². The maximum absolute atomic E-state index is 12.4. The molecular weight excluding hydrogens is 274 g/mol. The predicted octanol–water partition coefficient (Wildman–Crippen LogP) is 3.03. The number of carbonyl (C=O) groups is 1. The van der Waals surface area contributed by atoms with Crippen molar-refractivity contribution in [2.24, 2.45) is 5.92 Å². The third kappa shape index (κ3) is 4.71. The molecule has 2 rings (SSSR count). The molecule has 0 aliphatic carbocycles. The lowest BCUT2D eigenvalue weighted by Crippen LogP contribution is -2.29. The molecule has 0 aliphatic heterocycles. The Morgan fingerprint density at radius 2 is 1.77 bits per heavy atom. The Balaban J connectivity index is 2.06. The van der Waals surface area contributed by atoms with Crippen LogP contribution in [0.5, 0.6) is 0 Å². The molecule has 0 heterocycles. The molecule has 22 heavy (non-hydrogen) atoms. The molecule has 0 radical (unpaired) electrons. The van der Waals surface area contributed by atoms with Crippen LogP contribution in [0, 0.1) is 5.92 Å². The van der Waals surface area contributed by atoms with Crippen LogP contribution in [0.4, 0.5) is 0 Å². The van der Waals surface area contributed by atoms with Crippen LogP contribution in [0.15, 0.2) is 54.6 Å². The number of benzene rings is 2. The van der Waals surface area contributed by atoms with E-state index in [0.717, 1.165) is 17.5 Å². The molecule has 0 saturated carbocycles. The number of nitrogens with one attached hydrogen (secondary N) is 1. The smallest absolute Gasteiger partial charge is 0.251 e. The molecule has 1 unspecified atom stereocenters. The number of aliphatic hydroxyl groups excluding tert-OH is 1. The van der Waals surface area contributed by atoms with Gasteiger partial charge >= 0.3 is 0 Å². The Bertz CT molecular complexity index is 595. The van der Waals surface area contributed by atoms with E-state index in [1.807, 2.05) is 49.4 Å². The number of amides is 1. The molecule has 0 aliphatic rings. The van der Waals surface area contributed by atoms with E-state index in [4.69, 9.17) is 5.11 Å². The summed E-state index contributed by atoms with van der Waals surface area (Å²) >= 11 is 0. The van der Waals surface area contributed by atoms with Gasteiger partial charge in [0.2, 0.25) is 0 Å². The Morgan fingerprint density at radius 3 is 2.50 bits per heavy atom. The molecule has 2 aromatic carbocycles. The van der Waals surface area contributed by atoms with E-state index < -0.39 is 0 Å². The number of aliphatic hydroxyl groups is 1. The number of carbonyl (C=O) groups excluding carboxylic acids is 1. The molecule has 1 amide bonds. The minimum absolute atomic E-state index is 0.0451. The van der Waals surface area contributed by atoms with E-state index in [1.165, 1.54) is 5.56 Å². The van der Waals surface area contributed by atoms with Crippen molar-refractivity contribution in [3.8, 4) is 0 Å². The zero-order chi connectivity index (χ0) is 15.8. The van der Waals surface area contributed by atoms with Crippen molar-refractivity contribution < 1.29 is 9.90 Å². The van der Waals surface area contributed by atoms with Gasteiger partial charge in [-0.25, -0.2) is 0 Å². The maximum atomic E-state index is 12.4. The molecule has 0 bridgehead atoms. The first kappa shape index (κ1) is 16.2. The summed E-state index contributed by atoms with van der Waals surface area (Å²) in [7, 11) is 0. The predicted molar refractivity (Wildman–Crippen MR) is 88.9 cm³/mol. The second-order valence-electron chi connectivity index (χ2n) is 5.65. The van der Waals surface area contributed by atoms with Gasteiger partial charge in [-0.2, -0.15) is 0 Å². The van der Waals surface area contributed by atoms with Crippen molar-refractivity contribution in [2.45, 2.75) is 19.8 Å². The maximum Gasteiger partial charge on any atom is 0.251 e. The molecule has 0 saturated heterocycles. The monoisotopic (exact) mass is 297 g/mol.